The van der Waals surface area contributed by atoms with Gasteiger partial charge in [-0.2, -0.15) is 0 Å². The van der Waals surface area contributed by atoms with Gasteiger partial charge in [-0.05, 0) is 59.2 Å². The van der Waals surface area contributed by atoms with E-state index in [4.69, 9.17) is 0 Å². The van der Waals surface area contributed by atoms with E-state index in [0.29, 0.717) is 0 Å². The number of allylic oxidation sites excluding steroid dienone is 16. The van der Waals surface area contributed by atoms with Gasteiger partial charge in [0.05, 0.1) is 11.5 Å². The Hall–Kier alpha value is -2.91. The molecule has 0 N–H and O–H groups in total. The van der Waals surface area contributed by atoms with Gasteiger partial charge in [-0.1, -0.05) is 89.1 Å². The number of rotatable bonds is 11. The van der Waals surface area contributed by atoms with Crippen LogP contribution in [0, 0.1) is 0 Å². The molecule has 2 nitrogen and oxygen atoms in total. The molecule has 1 heterocycles. The van der Waals surface area contributed by atoms with Crippen LogP contribution in [0.3, 0.4) is 0 Å². The zero-order valence-electron chi connectivity index (χ0n) is 21.6. The summed E-state index contributed by atoms with van der Waals surface area (Å²) >= 11 is 1.78. The van der Waals surface area contributed by atoms with Crippen LogP contribution in [0.5, 0.6) is 0 Å². The van der Waals surface area contributed by atoms with Crippen LogP contribution in [-0.2, 0) is 6.54 Å². The van der Waals surface area contributed by atoms with Crippen LogP contribution < -0.4 is 4.90 Å². The third-order valence-corrected chi connectivity index (χ3v) is 5.65. The number of aliphatic imine (C=N–C) groups is 1. The fourth-order valence-electron chi connectivity index (χ4n) is 2.75. The standard InChI is InChI=1S/C30H40N2S/c1-24(2)21-27(5)17-11-15-25(3)13-9-10-14-26(4)16-12-18-28(6)22-31-23-29-19-20-30(33-29)32(7)8/h9-22H,23H2,1-8H3/b10-9+,15-11+,16-12+,25-13+,26-14+,27-17+,28-18+,31-22?. The molecule has 0 aromatic carbocycles. The largest absolute Gasteiger partial charge is 0.370 e. The molecule has 0 saturated carbocycles. The molecule has 0 radical (unpaired) electrons. The van der Waals surface area contributed by atoms with E-state index >= 15 is 0 Å². The van der Waals surface area contributed by atoms with Crippen molar-refractivity contribution in [3.05, 3.63) is 112 Å². The monoisotopic (exact) mass is 460 g/mol. The van der Waals surface area contributed by atoms with Crippen LogP contribution in [0.2, 0.25) is 0 Å². The minimum atomic E-state index is 0.727. The molecule has 0 spiro atoms. The van der Waals surface area contributed by atoms with E-state index in [1.807, 2.05) is 6.21 Å². The van der Waals surface area contributed by atoms with E-state index < -0.39 is 0 Å². The molecule has 0 aliphatic heterocycles. The van der Waals surface area contributed by atoms with Crippen LogP contribution in [0.4, 0.5) is 5.00 Å². The second-order valence-corrected chi connectivity index (χ2v) is 9.72. The highest BCUT2D eigenvalue weighted by Gasteiger charge is 1.99. The maximum Gasteiger partial charge on any atom is 0.0906 e. The van der Waals surface area contributed by atoms with Crippen molar-refractivity contribution < 1.29 is 0 Å². The molecule has 0 saturated heterocycles. The van der Waals surface area contributed by atoms with E-state index in [9.17, 15) is 0 Å². The molecule has 1 aromatic heterocycles. The van der Waals surface area contributed by atoms with Crippen molar-refractivity contribution in [3.8, 4) is 0 Å². The first kappa shape index (κ1) is 28.1. The summed E-state index contributed by atoms with van der Waals surface area (Å²) in [5, 5.41) is 1.26. The molecule has 1 rings (SSSR count). The topological polar surface area (TPSA) is 15.6 Å². The summed E-state index contributed by atoms with van der Waals surface area (Å²) in [7, 11) is 4.13. The van der Waals surface area contributed by atoms with Crippen molar-refractivity contribution in [2.75, 3.05) is 19.0 Å². The van der Waals surface area contributed by atoms with Crippen LogP contribution >= 0.6 is 11.3 Å². The Labute approximate surface area is 206 Å². The highest BCUT2D eigenvalue weighted by molar-refractivity contribution is 7.16. The van der Waals surface area contributed by atoms with Gasteiger partial charge in [0.2, 0.25) is 0 Å². The first-order valence-corrected chi connectivity index (χ1v) is 12.1. The molecule has 1 aromatic rings. The quantitative estimate of drug-likeness (QED) is 0.238. The number of hydrogen-bond donors (Lipinski definition) is 0. The number of nitrogens with zero attached hydrogens (tertiary/aromatic N) is 2. The highest BCUT2D eigenvalue weighted by atomic mass is 32.1. The van der Waals surface area contributed by atoms with E-state index in [-0.39, 0.29) is 0 Å². The van der Waals surface area contributed by atoms with Gasteiger partial charge in [0.15, 0.2) is 0 Å². The van der Waals surface area contributed by atoms with Crippen LogP contribution in [0.1, 0.15) is 46.4 Å². The number of anilines is 1. The minimum Gasteiger partial charge on any atom is -0.370 e. The van der Waals surface area contributed by atoms with Crippen molar-refractivity contribution >= 4 is 22.6 Å². The van der Waals surface area contributed by atoms with Gasteiger partial charge < -0.3 is 4.90 Å². The molecule has 176 valence electrons. The Morgan fingerprint density at radius 2 is 1.30 bits per heavy atom. The molecule has 0 aliphatic carbocycles. The summed E-state index contributed by atoms with van der Waals surface area (Å²) in [6.45, 7) is 13.4. The molecular formula is C30H40N2S. The van der Waals surface area contributed by atoms with Crippen LogP contribution in [0.15, 0.2) is 112 Å². The fraction of sp³-hybridized carbons (Fsp3) is 0.300. The molecule has 0 bridgehead atoms. The first-order valence-electron chi connectivity index (χ1n) is 11.3. The molecule has 0 aliphatic rings. The van der Waals surface area contributed by atoms with Crippen molar-refractivity contribution in [2.24, 2.45) is 4.99 Å². The lowest BCUT2D eigenvalue weighted by Crippen LogP contribution is -2.05. The normalized spacial score (nSPS) is 14.4. The Kier molecular flexibility index (Phi) is 13.5. The smallest absolute Gasteiger partial charge is 0.0906 e. The Morgan fingerprint density at radius 1 is 0.758 bits per heavy atom. The third kappa shape index (κ3) is 14.0. The summed E-state index contributed by atoms with van der Waals surface area (Å²) in [5.41, 5.74) is 6.13. The lowest BCUT2D eigenvalue weighted by atomic mass is 10.2. The molecule has 0 atom stereocenters. The molecule has 0 unspecified atom stereocenters. The summed E-state index contributed by atoms with van der Waals surface area (Å²) in [6, 6.07) is 4.29. The van der Waals surface area contributed by atoms with Crippen LogP contribution in [0.25, 0.3) is 0 Å². The predicted molar refractivity (Wildman–Crippen MR) is 153 cm³/mol. The average Bonchev–Trinajstić information content (AvgIpc) is 3.20. The van der Waals surface area contributed by atoms with Gasteiger partial charge in [-0.25, -0.2) is 0 Å². The maximum absolute atomic E-state index is 4.55. The zero-order valence-corrected chi connectivity index (χ0v) is 22.4. The van der Waals surface area contributed by atoms with Gasteiger partial charge >= 0.3 is 0 Å². The Bertz CT molecular complexity index is 1010. The van der Waals surface area contributed by atoms with Gasteiger partial charge in [-0.3, -0.25) is 4.99 Å². The molecular weight excluding hydrogens is 420 g/mol. The molecule has 33 heavy (non-hydrogen) atoms. The SMILES string of the molecule is CC(C)=C/C(C)=C/C=C/C(C)=C/C=C/C=C(C)/C=C/C=C(\C)C=NCc1ccc(N(C)C)s1. The Morgan fingerprint density at radius 3 is 1.82 bits per heavy atom. The Balaban J connectivity index is 2.52. The van der Waals surface area contributed by atoms with Gasteiger partial charge in [0.25, 0.3) is 0 Å². The number of hydrogen-bond acceptors (Lipinski definition) is 3. The summed E-state index contributed by atoms with van der Waals surface area (Å²) in [6.07, 6.45) is 25.1. The lowest BCUT2D eigenvalue weighted by molar-refractivity contribution is 1.11. The third-order valence-electron chi connectivity index (χ3n) is 4.41. The van der Waals surface area contributed by atoms with Crippen molar-refractivity contribution in [2.45, 2.75) is 48.1 Å². The van der Waals surface area contributed by atoms with Crippen LogP contribution in [-0.4, -0.2) is 20.3 Å². The number of thiophene rings is 1. The van der Waals surface area contributed by atoms with Gasteiger partial charge in [0.1, 0.15) is 0 Å². The predicted octanol–water partition coefficient (Wildman–Crippen LogP) is 8.80. The zero-order chi connectivity index (χ0) is 24.6. The molecule has 0 amide bonds. The minimum absolute atomic E-state index is 0.727. The second kappa shape index (κ2) is 15.8. The van der Waals surface area contributed by atoms with E-state index in [1.54, 1.807) is 11.3 Å². The van der Waals surface area contributed by atoms with Crippen molar-refractivity contribution in [3.63, 3.8) is 0 Å². The second-order valence-electron chi connectivity index (χ2n) is 8.57. The lowest BCUT2D eigenvalue weighted by Gasteiger charge is -2.06. The van der Waals surface area contributed by atoms with E-state index in [0.717, 1.165) is 12.1 Å². The van der Waals surface area contributed by atoms with E-state index in [2.05, 4.69) is 144 Å². The highest BCUT2D eigenvalue weighted by Crippen LogP contribution is 2.24. The summed E-state index contributed by atoms with van der Waals surface area (Å²) in [4.78, 5) is 7.95. The average molecular weight is 461 g/mol. The molecule has 3 heteroatoms. The summed E-state index contributed by atoms with van der Waals surface area (Å²) < 4.78 is 0. The fourth-order valence-corrected chi connectivity index (χ4v) is 3.61. The van der Waals surface area contributed by atoms with Gasteiger partial charge in [0, 0.05) is 25.2 Å². The summed E-state index contributed by atoms with van der Waals surface area (Å²) in [5.74, 6) is 0. The van der Waals surface area contributed by atoms with Crippen molar-refractivity contribution in [1.82, 2.24) is 0 Å². The van der Waals surface area contributed by atoms with Crippen molar-refractivity contribution in [1.29, 1.82) is 0 Å². The first-order chi connectivity index (χ1) is 15.7. The van der Waals surface area contributed by atoms with E-state index in [1.165, 1.54) is 32.2 Å². The maximum atomic E-state index is 4.55. The molecule has 0 fully saturated rings. The van der Waals surface area contributed by atoms with Gasteiger partial charge in [-0.15, -0.1) is 11.3 Å².